The molecular formula is C21H30O4. The van der Waals surface area contributed by atoms with Gasteiger partial charge in [0.1, 0.15) is 6.10 Å². The van der Waals surface area contributed by atoms with Crippen LogP contribution >= 0.6 is 0 Å². The second-order valence-corrected chi connectivity index (χ2v) is 7.99. The second-order valence-electron chi connectivity index (χ2n) is 7.99. The highest BCUT2D eigenvalue weighted by Gasteiger charge is 2.46. The molecule has 138 valence electrons. The first kappa shape index (κ1) is 18.5. The van der Waals surface area contributed by atoms with E-state index in [1.807, 2.05) is 0 Å². The number of carboxylic acid groups (broad SMARTS) is 1. The van der Waals surface area contributed by atoms with Crippen molar-refractivity contribution in [1.82, 2.24) is 0 Å². The molecule has 3 aliphatic rings. The van der Waals surface area contributed by atoms with Crippen LogP contribution in [0.1, 0.15) is 64.2 Å². The molecular weight excluding hydrogens is 316 g/mol. The minimum Gasteiger partial charge on any atom is -0.481 e. The van der Waals surface area contributed by atoms with Gasteiger partial charge < -0.3 is 15.3 Å². The largest absolute Gasteiger partial charge is 0.481 e. The standard InChI is InChI=1S/C21H30O4/c22-19(14-5-2-1-3-6-14)11-10-17-18-13-15(7-4-8-21(24)25)16(18)9-12-20(17)23/h7,14,16-20,22-23H,1-6,8-9,12-13H2,(H,24,25)/b15-7-/t16-,17-,18+,19?,20-/m1/s1. The Morgan fingerprint density at radius 1 is 1.20 bits per heavy atom. The Kier molecular flexibility index (Phi) is 6.19. The summed E-state index contributed by atoms with van der Waals surface area (Å²) in [6, 6.07) is 0. The topological polar surface area (TPSA) is 77.8 Å². The summed E-state index contributed by atoms with van der Waals surface area (Å²) in [7, 11) is 0. The molecule has 1 unspecified atom stereocenters. The monoisotopic (exact) mass is 346 g/mol. The van der Waals surface area contributed by atoms with Crippen LogP contribution in [-0.2, 0) is 4.79 Å². The van der Waals surface area contributed by atoms with Crippen LogP contribution in [0.15, 0.2) is 11.6 Å². The minimum absolute atomic E-state index is 0.0476. The fourth-order valence-electron chi connectivity index (χ4n) is 4.84. The number of aliphatic hydroxyl groups excluding tert-OH is 2. The highest BCUT2D eigenvalue weighted by Crippen LogP contribution is 2.51. The van der Waals surface area contributed by atoms with Gasteiger partial charge in [0.05, 0.1) is 12.0 Å². The lowest BCUT2D eigenvalue weighted by Crippen LogP contribution is -2.44. The van der Waals surface area contributed by atoms with Crippen LogP contribution in [0.25, 0.3) is 0 Å². The molecule has 0 bridgehead atoms. The van der Waals surface area contributed by atoms with Crippen molar-refractivity contribution in [2.75, 3.05) is 0 Å². The van der Waals surface area contributed by atoms with E-state index in [1.165, 1.54) is 24.8 Å². The van der Waals surface area contributed by atoms with Crippen molar-refractivity contribution in [2.24, 2.45) is 23.7 Å². The fraction of sp³-hybridized carbons (Fsp3) is 0.762. The molecule has 3 aliphatic carbocycles. The molecule has 0 aliphatic heterocycles. The van der Waals surface area contributed by atoms with Gasteiger partial charge in [0.15, 0.2) is 0 Å². The third kappa shape index (κ3) is 4.46. The molecule has 0 amide bonds. The summed E-state index contributed by atoms with van der Waals surface area (Å²) in [5, 5.41) is 29.5. The van der Waals surface area contributed by atoms with E-state index in [0.29, 0.717) is 24.2 Å². The molecule has 3 fully saturated rings. The third-order valence-electron chi connectivity index (χ3n) is 6.37. The Balaban J connectivity index is 1.58. The SMILES string of the molecule is O=C(O)CC/C=C1/C[C@@H]2[C@@H](C#CC(O)C3CCCCC3)[C@H](O)CC[C@H]12. The predicted octanol–water partition coefficient (Wildman–Crippen LogP) is 3.13. The Bertz CT molecular complexity index is 564. The number of hydrogen-bond donors (Lipinski definition) is 3. The molecule has 25 heavy (non-hydrogen) atoms. The van der Waals surface area contributed by atoms with Crippen molar-refractivity contribution < 1.29 is 20.1 Å². The maximum absolute atomic E-state index is 10.6. The van der Waals surface area contributed by atoms with Gasteiger partial charge in [-0.2, -0.15) is 0 Å². The third-order valence-corrected chi connectivity index (χ3v) is 6.37. The van der Waals surface area contributed by atoms with Gasteiger partial charge in [-0.25, -0.2) is 0 Å². The van der Waals surface area contributed by atoms with Crippen LogP contribution < -0.4 is 0 Å². The number of fused-ring (bicyclic) bond motifs is 1. The number of aliphatic carboxylic acids is 1. The Labute approximate surface area is 150 Å². The zero-order chi connectivity index (χ0) is 17.8. The van der Waals surface area contributed by atoms with Gasteiger partial charge in [-0.15, -0.1) is 0 Å². The second kappa shape index (κ2) is 8.38. The van der Waals surface area contributed by atoms with Crippen LogP contribution in [0.4, 0.5) is 0 Å². The van der Waals surface area contributed by atoms with Gasteiger partial charge in [-0.3, -0.25) is 4.79 Å². The van der Waals surface area contributed by atoms with E-state index < -0.39 is 18.2 Å². The summed E-state index contributed by atoms with van der Waals surface area (Å²) in [4.78, 5) is 10.6. The van der Waals surface area contributed by atoms with E-state index >= 15 is 0 Å². The first-order valence-corrected chi connectivity index (χ1v) is 9.84. The number of aliphatic hydroxyl groups is 2. The quantitative estimate of drug-likeness (QED) is 0.540. The first-order chi connectivity index (χ1) is 12.1. The van der Waals surface area contributed by atoms with Crippen LogP contribution in [0.3, 0.4) is 0 Å². The predicted molar refractivity (Wildman–Crippen MR) is 95.6 cm³/mol. The molecule has 0 aromatic carbocycles. The lowest BCUT2D eigenvalue weighted by Gasteiger charge is -2.48. The van der Waals surface area contributed by atoms with Gasteiger partial charge in [-0.05, 0) is 56.3 Å². The van der Waals surface area contributed by atoms with Crippen molar-refractivity contribution in [3.8, 4) is 11.8 Å². The van der Waals surface area contributed by atoms with Crippen molar-refractivity contribution in [1.29, 1.82) is 0 Å². The van der Waals surface area contributed by atoms with E-state index in [2.05, 4.69) is 17.9 Å². The number of carbonyl (C=O) groups is 1. The van der Waals surface area contributed by atoms with Crippen LogP contribution in [0.5, 0.6) is 0 Å². The molecule has 5 atom stereocenters. The highest BCUT2D eigenvalue weighted by molar-refractivity contribution is 5.66. The van der Waals surface area contributed by atoms with E-state index in [4.69, 9.17) is 5.11 Å². The van der Waals surface area contributed by atoms with Gasteiger partial charge in [0.25, 0.3) is 0 Å². The van der Waals surface area contributed by atoms with Gasteiger partial charge in [0.2, 0.25) is 0 Å². The summed E-state index contributed by atoms with van der Waals surface area (Å²) in [6.07, 6.45) is 10.3. The Morgan fingerprint density at radius 2 is 1.96 bits per heavy atom. The summed E-state index contributed by atoms with van der Waals surface area (Å²) in [5.41, 5.74) is 1.35. The molecule has 4 heteroatoms. The average molecular weight is 346 g/mol. The number of carboxylic acids is 1. The summed E-state index contributed by atoms with van der Waals surface area (Å²) < 4.78 is 0. The van der Waals surface area contributed by atoms with Crippen molar-refractivity contribution >= 4 is 5.97 Å². The molecule has 4 nitrogen and oxygen atoms in total. The summed E-state index contributed by atoms with van der Waals surface area (Å²) in [5.74, 6) is 6.59. The average Bonchev–Trinajstić information content (AvgIpc) is 2.59. The molecule has 0 aromatic rings. The van der Waals surface area contributed by atoms with Gasteiger partial charge >= 0.3 is 5.97 Å². The first-order valence-electron chi connectivity index (χ1n) is 9.84. The Hall–Kier alpha value is -1.31. The van der Waals surface area contributed by atoms with Crippen LogP contribution in [0, 0.1) is 35.5 Å². The lowest BCUT2D eigenvalue weighted by molar-refractivity contribution is -0.136. The van der Waals surface area contributed by atoms with E-state index in [0.717, 1.165) is 32.1 Å². The van der Waals surface area contributed by atoms with Crippen LogP contribution in [0.2, 0.25) is 0 Å². The molecule has 0 heterocycles. The maximum Gasteiger partial charge on any atom is 0.303 e. The van der Waals surface area contributed by atoms with Crippen LogP contribution in [-0.4, -0.2) is 33.5 Å². The van der Waals surface area contributed by atoms with E-state index in [1.54, 1.807) is 0 Å². The zero-order valence-corrected chi connectivity index (χ0v) is 14.9. The molecule has 3 rings (SSSR count). The summed E-state index contributed by atoms with van der Waals surface area (Å²) >= 11 is 0. The number of allylic oxidation sites excluding steroid dienone is 2. The smallest absolute Gasteiger partial charge is 0.303 e. The molecule has 0 saturated heterocycles. The van der Waals surface area contributed by atoms with Gasteiger partial charge in [0, 0.05) is 6.42 Å². The number of rotatable bonds is 4. The minimum atomic E-state index is -0.757. The maximum atomic E-state index is 10.6. The Morgan fingerprint density at radius 3 is 2.68 bits per heavy atom. The van der Waals surface area contributed by atoms with E-state index in [-0.39, 0.29) is 12.3 Å². The highest BCUT2D eigenvalue weighted by atomic mass is 16.4. The normalized spacial score (nSPS) is 35.2. The molecule has 3 saturated carbocycles. The fourth-order valence-corrected chi connectivity index (χ4v) is 4.84. The van der Waals surface area contributed by atoms with Gasteiger partial charge in [-0.1, -0.05) is 42.8 Å². The molecule has 3 N–H and O–H groups in total. The van der Waals surface area contributed by atoms with E-state index in [9.17, 15) is 15.0 Å². The van der Waals surface area contributed by atoms with Crippen molar-refractivity contribution in [3.63, 3.8) is 0 Å². The van der Waals surface area contributed by atoms with Crippen molar-refractivity contribution in [3.05, 3.63) is 11.6 Å². The zero-order valence-electron chi connectivity index (χ0n) is 14.9. The summed E-state index contributed by atoms with van der Waals surface area (Å²) in [6.45, 7) is 0. The molecule has 0 aromatic heterocycles. The van der Waals surface area contributed by atoms with Crippen molar-refractivity contribution in [2.45, 2.75) is 76.4 Å². The number of hydrogen-bond acceptors (Lipinski definition) is 3. The molecule has 0 radical (unpaired) electrons. The molecule has 0 spiro atoms. The lowest BCUT2D eigenvalue weighted by atomic mass is 9.57.